The number of nitrogens with one attached hydrogen (secondary N) is 1. The van der Waals surface area contributed by atoms with Gasteiger partial charge in [-0.3, -0.25) is 14.5 Å². The van der Waals surface area contributed by atoms with Crippen LogP contribution in [0.25, 0.3) is 0 Å². The van der Waals surface area contributed by atoms with Crippen LogP contribution in [0.1, 0.15) is 12.1 Å². The number of fused-ring (bicyclic) bond motifs is 1. The summed E-state index contributed by atoms with van der Waals surface area (Å²) in [7, 11) is 3.16. The highest BCUT2D eigenvalue weighted by Crippen LogP contribution is 2.41. The van der Waals surface area contributed by atoms with Crippen molar-refractivity contribution in [2.24, 2.45) is 5.16 Å². The number of carbonyl (C=O) groups excluding carboxylic acids is 2. The molecule has 13 nitrogen and oxygen atoms in total. The minimum Gasteiger partial charge on any atom is -0.477 e. The quantitative estimate of drug-likeness (QED) is 0.119. The lowest BCUT2D eigenvalue weighted by Gasteiger charge is -2.50. The van der Waals surface area contributed by atoms with E-state index >= 15 is 0 Å². The number of aromatic nitrogens is 1. The molecule has 6 N–H and O–H groups in total. The number of nitrogens with two attached hydrogens (primary N) is 1. The van der Waals surface area contributed by atoms with Crippen molar-refractivity contribution in [2.75, 3.05) is 45.3 Å². The zero-order valence-corrected chi connectivity index (χ0v) is 20.7. The number of hydrogen-bond donors (Lipinski definition) is 5. The predicted octanol–water partition coefficient (Wildman–Crippen LogP) is -1.61. The maximum atomic E-state index is 13.0. The van der Waals surface area contributed by atoms with E-state index in [1.165, 1.54) is 29.2 Å². The molecular formula is C20H27N6O7S2+. The molecule has 2 amide bonds. The third-order valence-electron chi connectivity index (χ3n) is 6.31. The molecule has 4 rings (SSSR count). The number of hydrogen-bond acceptors (Lipinski definition) is 11. The highest BCUT2D eigenvalue weighted by Gasteiger charge is 2.55. The molecule has 15 heteroatoms. The molecule has 4 heterocycles. The second kappa shape index (κ2) is 9.73. The molecular weight excluding hydrogens is 500 g/mol. The zero-order valence-electron chi connectivity index (χ0n) is 19.1. The van der Waals surface area contributed by atoms with Gasteiger partial charge in [0.2, 0.25) is 0 Å². The second-order valence-electron chi connectivity index (χ2n) is 8.92. The van der Waals surface area contributed by atoms with Crippen LogP contribution in [0.4, 0.5) is 5.13 Å². The minimum absolute atomic E-state index is 0.0951. The number of thioether (sulfide) groups is 1. The van der Waals surface area contributed by atoms with Gasteiger partial charge < -0.3 is 35.7 Å². The Hall–Kier alpha value is -2.72. The SMILES string of the molecule is CON=C(C(=O)NC1C(=O)N2C(C(=O)O)=C(C[N@+]3(C)CCC(O)[C@H](O)C3)CS[C@@H]12)c1csc(N)n1. The molecule has 2 fully saturated rings. The molecule has 1 aromatic heterocycles. The van der Waals surface area contributed by atoms with Crippen LogP contribution in [0.2, 0.25) is 0 Å². The van der Waals surface area contributed by atoms with Gasteiger partial charge in [-0.1, -0.05) is 5.16 Å². The number of oxime groups is 1. The maximum Gasteiger partial charge on any atom is 0.352 e. The van der Waals surface area contributed by atoms with Gasteiger partial charge in [-0.05, 0) is 0 Å². The van der Waals surface area contributed by atoms with Gasteiger partial charge >= 0.3 is 5.97 Å². The zero-order chi connectivity index (χ0) is 25.5. The number of aliphatic hydroxyl groups is 2. The molecule has 3 aliphatic rings. The Kier molecular flexibility index (Phi) is 7.06. The summed E-state index contributed by atoms with van der Waals surface area (Å²) in [6, 6.07) is -0.946. The highest BCUT2D eigenvalue weighted by molar-refractivity contribution is 8.00. The summed E-state index contributed by atoms with van der Waals surface area (Å²) in [5.74, 6) is -2.12. The molecule has 2 saturated heterocycles. The van der Waals surface area contributed by atoms with E-state index in [9.17, 15) is 29.7 Å². The van der Waals surface area contributed by atoms with Crippen LogP contribution in [-0.2, 0) is 19.2 Å². The molecule has 0 aliphatic carbocycles. The molecule has 2 unspecified atom stereocenters. The number of likely N-dealkylation sites (N-methyl/N-ethyl adjacent to an activating group) is 1. The summed E-state index contributed by atoms with van der Waals surface area (Å²) in [5, 5.41) is 37.4. The van der Waals surface area contributed by atoms with Crippen LogP contribution in [0, 0.1) is 0 Å². The van der Waals surface area contributed by atoms with Crippen LogP contribution in [0.5, 0.6) is 0 Å². The van der Waals surface area contributed by atoms with E-state index in [0.717, 1.165) is 11.3 Å². The Bertz CT molecular complexity index is 1110. The summed E-state index contributed by atoms with van der Waals surface area (Å²) in [6.45, 7) is 1.17. The number of nitrogens with zero attached hydrogens (tertiary/aromatic N) is 4. The molecule has 3 aliphatic heterocycles. The van der Waals surface area contributed by atoms with Gasteiger partial charge in [-0.2, -0.15) is 0 Å². The monoisotopic (exact) mass is 527 g/mol. The summed E-state index contributed by atoms with van der Waals surface area (Å²) in [4.78, 5) is 48.0. The van der Waals surface area contributed by atoms with E-state index in [1.807, 2.05) is 7.05 Å². The van der Waals surface area contributed by atoms with Crippen molar-refractivity contribution >= 4 is 51.7 Å². The van der Waals surface area contributed by atoms with Crippen molar-refractivity contribution in [1.29, 1.82) is 0 Å². The third-order valence-corrected chi connectivity index (χ3v) is 8.32. The normalized spacial score (nSPS) is 31.0. The summed E-state index contributed by atoms with van der Waals surface area (Å²) in [6.07, 6.45) is -1.30. The fourth-order valence-corrected chi connectivity index (χ4v) is 6.49. The van der Waals surface area contributed by atoms with Crippen molar-refractivity contribution in [3.8, 4) is 0 Å². The fraction of sp³-hybridized carbons (Fsp3) is 0.550. The van der Waals surface area contributed by atoms with Gasteiger partial charge in [0.05, 0.1) is 19.7 Å². The maximum absolute atomic E-state index is 13.0. The first-order chi connectivity index (χ1) is 16.5. The smallest absolute Gasteiger partial charge is 0.352 e. The number of carbonyl (C=O) groups is 3. The lowest BCUT2D eigenvalue weighted by atomic mass is 9.99. The standard InChI is InChI=1S/C20H26N6O7S2/c1-26(4-3-11(27)12(28)6-26)5-9-7-34-18-14(17(30)25(18)15(9)19(31)32)23-16(29)13(24-33-2)10-8-35-20(21)22-10/h8,11-12,14,18,27-28H,3-7H2,1-2H3,(H3-,21,22,23,29,31,32)/p+1/t11?,12-,14?,18+,26+/m1/s1. The highest BCUT2D eigenvalue weighted by atomic mass is 32.2. The number of quaternary nitrogens is 1. The first kappa shape index (κ1) is 25.4. The largest absolute Gasteiger partial charge is 0.477 e. The van der Waals surface area contributed by atoms with Crippen molar-refractivity contribution in [3.63, 3.8) is 0 Å². The van der Waals surface area contributed by atoms with E-state index in [0.29, 0.717) is 35.3 Å². The van der Waals surface area contributed by atoms with Crippen molar-refractivity contribution < 1.29 is 39.0 Å². The van der Waals surface area contributed by atoms with E-state index in [4.69, 9.17) is 10.6 Å². The number of nitrogen functional groups attached to an aromatic ring is 1. The Morgan fingerprint density at radius 2 is 2.14 bits per heavy atom. The van der Waals surface area contributed by atoms with E-state index in [2.05, 4.69) is 15.5 Å². The Morgan fingerprint density at radius 3 is 2.74 bits per heavy atom. The number of piperidine rings is 1. The fourth-order valence-electron chi connectivity index (χ4n) is 4.61. The number of carboxylic acid groups (broad SMARTS) is 1. The van der Waals surface area contributed by atoms with Crippen LogP contribution in [0.15, 0.2) is 21.8 Å². The van der Waals surface area contributed by atoms with Gasteiger partial charge in [0, 0.05) is 23.1 Å². The summed E-state index contributed by atoms with van der Waals surface area (Å²) in [5.41, 5.74) is 6.16. The number of carboxylic acids is 1. The minimum atomic E-state index is -1.23. The number of likely N-dealkylation sites (tertiary alicyclic amines) is 1. The van der Waals surface area contributed by atoms with E-state index in [-0.39, 0.29) is 28.8 Å². The molecule has 1 aromatic rings. The van der Waals surface area contributed by atoms with Gasteiger partial charge in [0.15, 0.2) is 10.8 Å². The number of amides is 2. The lowest BCUT2D eigenvalue weighted by molar-refractivity contribution is -0.914. The molecule has 0 bridgehead atoms. The summed E-state index contributed by atoms with van der Waals surface area (Å²) < 4.78 is 0.353. The van der Waals surface area contributed by atoms with Crippen LogP contribution >= 0.6 is 23.1 Å². The molecule has 0 aromatic carbocycles. The molecule has 190 valence electrons. The molecule has 0 spiro atoms. The molecule has 0 radical (unpaired) electrons. The average Bonchev–Trinajstić information content (AvgIpc) is 3.23. The topological polar surface area (TPSA) is 188 Å². The average molecular weight is 528 g/mol. The third kappa shape index (κ3) is 4.86. The van der Waals surface area contributed by atoms with Gasteiger partial charge in [-0.25, -0.2) is 9.78 Å². The van der Waals surface area contributed by atoms with Crippen molar-refractivity contribution in [3.05, 3.63) is 22.3 Å². The Labute approximate surface area is 208 Å². The van der Waals surface area contributed by atoms with Crippen LogP contribution < -0.4 is 11.1 Å². The first-order valence-electron chi connectivity index (χ1n) is 10.8. The van der Waals surface area contributed by atoms with E-state index in [1.54, 1.807) is 0 Å². The van der Waals surface area contributed by atoms with Gasteiger partial charge in [-0.15, -0.1) is 23.1 Å². The number of thiazole rings is 1. The Morgan fingerprint density at radius 1 is 1.40 bits per heavy atom. The van der Waals surface area contributed by atoms with Crippen molar-refractivity contribution in [1.82, 2.24) is 15.2 Å². The van der Waals surface area contributed by atoms with E-state index < -0.39 is 41.4 Å². The van der Waals surface area contributed by atoms with Crippen LogP contribution in [-0.4, -0.2) is 116 Å². The first-order valence-corrected chi connectivity index (χ1v) is 12.7. The number of aliphatic hydroxyl groups excluding tert-OH is 2. The predicted molar refractivity (Wildman–Crippen MR) is 127 cm³/mol. The molecule has 0 saturated carbocycles. The number of β-lactam (4-membered cyclic amide) rings is 1. The number of rotatable bonds is 7. The number of aliphatic carboxylic acids is 1. The Balaban J connectivity index is 1.51. The van der Waals surface area contributed by atoms with Gasteiger partial charge in [0.1, 0.15) is 49.1 Å². The van der Waals surface area contributed by atoms with Gasteiger partial charge in [0.25, 0.3) is 11.8 Å². The summed E-state index contributed by atoms with van der Waals surface area (Å²) >= 11 is 2.47. The second-order valence-corrected chi connectivity index (χ2v) is 10.9. The number of anilines is 1. The molecule has 5 atom stereocenters. The molecule has 35 heavy (non-hydrogen) atoms. The lowest BCUT2D eigenvalue weighted by Crippen LogP contribution is -2.71. The van der Waals surface area contributed by atoms with Crippen molar-refractivity contribution in [2.45, 2.75) is 30.0 Å². The van der Waals surface area contributed by atoms with Crippen LogP contribution in [0.3, 0.4) is 0 Å².